The highest BCUT2D eigenvalue weighted by Gasteiger charge is 2.22. The third kappa shape index (κ3) is 3.45. The molecule has 3 heterocycles. The second kappa shape index (κ2) is 7.70. The van der Waals surface area contributed by atoms with Crippen molar-refractivity contribution in [1.82, 2.24) is 19.9 Å². The summed E-state index contributed by atoms with van der Waals surface area (Å²) in [6.07, 6.45) is 1.88. The van der Waals surface area contributed by atoms with Crippen molar-refractivity contribution in [1.29, 1.82) is 5.26 Å². The summed E-state index contributed by atoms with van der Waals surface area (Å²) in [7, 11) is 0. The summed E-state index contributed by atoms with van der Waals surface area (Å²) in [4.78, 5) is 28.2. The first-order valence-electron chi connectivity index (χ1n) is 10.2. The maximum atomic E-state index is 12.8. The van der Waals surface area contributed by atoms with Gasteiger partial charge >= 0.3 is 0 Å². The zero-order chi connectivity index (χ0) is 21.4. The van der Waals surface area contributed by atoms with Crippen molar-refractivity contribution in [3.63, 3.8) is 0 Å². The summed E-state index contributed by atoms with van der Waals surface area (Å²) < 4.78 is 1.80. The van der Waals surface area contributed by atoms with Gasteiger partial charge < -0.3 is 15.6 Å². The van der Waals surface area contributed by atoms with Gasteiger partial charge in [-0.2, -0.15) is 10.4 Å². The molecule has 0 bridgehead atoms. The van der Waals surface area contributed by atoms with Gasteiger partial charge in [-0.15, -0.1) is 0 Å². The predicted molar refractivity (Wildman–Crippen MR) is 117 cm³/mol. The molecule has 154 valence electrons. The van der Waals surface area contributed by atoms with E-state index in [9.17, 15) is 9.59 Å². The lowest BCUT2D eigenvalue weighted by Crippen LogP contribution is -2.28. The molecule has 31 heavy (non-hydrogen) atoms. The van der Waals surface area contributed by atoms with Gasteiger partial charge in [0.05, 0.1) is 33.9 Å². The average molecular weight is 412 g/mol. The van der Waals surface area contributed by atoms with Crippen LogP contribution in [0.15, 0.2) is 53.3 Å². The highest BCUT2D eigenvalue weighted by Crippen LogP contribution is 2.30. The molecule has 1 aliphatic rings. The lowest BCUT2D eigenvalue weighted by Gasteiger charge is -2.23. The molecule has 1 saturated heterocycles. The van der Waals surface area contributed by atoms with E-state index in [4.69, 9.17) is 10.4 Å². The molecule has 0 saturated carbocycles. The fraction of sp³-hybridized carbons (Fsp3) is 0.217. The quantitative estimate of drug-likeness (QED) is 0.479. The molecule has 2 aromatic heterocycles. The number of hydrogen-bond acceptors (Lipinski definition) is 5. The Morgan fingerprint density at radius 1 is 1.16 bits per heavy atom. The lowest BCUT2D eigenvalue weighted by atomic mass is 9.94. The van der Waals surface area contributed by atoms with Crippen molar-refractivity contribution in [3.05, 3.63) is 75.7 Å². The van der Waals surface area contributed by atoms with E-state index in [1.807, 2.05) is 18.2 Å². The third-order valence-electron chi connectivity index (χ3n) is 5.75. The Morgan fingerprint density at radius 3 is 2.68 bits per heavy atom. The van der Waals surface area contributed by atoms with Crippen molar-refractivity contribution >= 4 is 28.1 Å². The SMILES string of the molecule is N#Cc1ccc(C(=O)Nc2cccc3nn4c(C5CCNCC5)cc(=O)[nH]c4c23)cc1. The van der Waals surface area contributed by atoms with Gasteiger partial charge in [-0.25, -0.2) is 4.52 Å². The highest BCUT2D eigenvalue weighted by atomic mass is 16.1. The Bertz CT molecular complexity index is 1390. The Morgan fingerprint density at radius 2 is 1.94 bits per heavy atom. The van der Waals surface area contributed by atoms with Gasteiger partial charge in [-0.05, 0) is 62.3 Å². The van der Waals surface area contributed by atoms with Gasteiger partial charge in [0, 0.05) is 17.5 Å². The summed E-state index contributed by atoms with van der Waals surface area (Å²) >= 11 is 0. The smallest absolute Gasteiger partial charge is 0.255 e. The van der Waals surface area contributed by atoms with Crippen molar-refractivity contribution < 1.29 is 4.79 Å². The van der Waals surface area contributed by atoms with Crippen molar-refractivity contribution in [2.75, 3.05) is 18.4 Å². The van der Waals surface area contributed by atoms with Gasteiger partial charge in [-0.3, -0.25) is 9.59 Å². The standard InChI is InChI=1S/C23H20N6O2/c24-13-14-4-6-16(7-5-14)23(31)26-17-2-1-3-18-21(17)22-27-20(30)12-19(29(22)28-18)15-8-10-25-11-9-15/h1-7,12,15,25H,8-11H2,(H,26,31)(H,27,30). The minimum absolute atomic E-state index is 0.184. The first-order chi connectivity index (χ1) is 15.1. The Kier molecular flexibility index (Phi) is 4.73. The molecular formula is C23H20N6O2. The normalized spacial score (nSPS) is 14.5. The molecule has 5 rings (SSSR count). The molecule has 8 nitrogen and oxygen atoms in total. The third-order valence-corrected chi connectivity index (χ3v) is 5.75. The zero-order valence-electron chi connectivity index (χ0n) is 16.7. The van der Waals surface area contributed by atoms with Gasteiger partial charge in [0.2, 0.25) is 0 Å². The van der Waals surface area contributed by atoms with Crippen LogP contribution in [-0.4, -0.2) is 33.6 Å². The molecule has 0 radical (unpaired) electrons. The fourth-order valence-electron chi connectivity index (χ4n) is 4.19. The van der Waals surface area contributed by atoms with Crippen LogP contribution >= 0.6 is 0 Å². The van der Waals surface area contributed by atoms with Gasteiger partial charge in [0.1, 0.15) is 5.65 Å². The summed E-state index contributed by atoms with van der Waals surface area (Å²) in [6, 6.07) is 15.6. The summed E-state index contributed by atoms with van der Waals surface area (Å²) in [6.45, 7) is 1.82. The molecule has 0 spiro atoms. The van der Waals surface area contributed by atoms with E-state index in [0.29, 0.717) is 33.4 Å². The largest absolute Gasteiger partial charge is 0.321 e. The number of amides is 1. The molecule has 3 N–H and O–H groups in total. The van der Waals surface area contributed by atoms with E-state index >= 15 is 0 Å². The number of hydrogen-bond donors (Lipinski definition) is 3. The Balaban J connectivity index is 1.60. The van der Waals surface area contributed by atoms with Gasteiger partial charge in [0.25, 0.3) is 11.5 Å². The average Bonchev–Trinajstić information content (AvgIpc) is 3.18. The van der Waals surface area contributed by atoms with Crippen LogP contribution in [0.2, 0.25) is 0 Å². The molecule has 8 heteroatoms. The number of fused-ring (bicyclic) bond motifs is 3. The number of nitrogens with zero attached hydrogens (tertiary/aromatic N) is 3. The van der Waals surface area contributed by atoms with Crippen LogP contribution in [0.5, 0.6) is 0 Å². The van der Waals surface area contributed by atoms with Crippen LogP contribution < -0.4 is 16.2 Å². The van der Waals surface area contributed by atoms with Crippen LogP contribution in [0.1, 0.15) is 40.4 Å². The van der Waals surface area contributed by atoms with Crippen LogP contribution in [0.3, 0.4) is 0 Å². The number of carbonyl (C=O) groups excluding carboxylic acids is 1. The number of aromatic amines is 1. The maximum Gasteiger partial charge on any atom is 0.255 e. The molecular weight excluding hydrogens is 392 g/mol. The van der Waals surface area contributed by atoms with Gasteiger partial charge in [-0.1, -0.05) is 6.07 Å². The first kappa shape index (κ1) is 19.0. The van der Waals surface area contributed by atoms with Crippen LogP contribution in [0, 0.1) is 11.3 Å². The topological polar surface area (TPSA) is 115 Å². The van der Waals surface area contributed by atoms with Crippen LogP contribution in [0.4, 0.5) is 5.69 Å². The van der Waals surface area contributed by atoms with E-state index in [2.05, 4.69) is 15.6 Å². The zero-order valence-corrected chi connectivity index (χ0v) is 16.7. The van der Waals surface area contributed by atoms with Crippen molar-refractivity contribution in [3.8, 4) is 6.07 Å². The minimum Gasteiger partial charge on any atom is -0.321 e. The number of nitriles is 1. The number of aromatic nitrogens is 3. The number of carbonyl (C=O) groups is 1. The number of piperidine rings is 1. The van der Waals surface area contributed by atoms with Crippen molar-refractivity contribution in [2.45, 2.75) is 18.8 Å². The van der Waals surface area contributed by atoms with Crippen LogP contribution in [-0.2, 0) is 0 Å². The molecule has 1 amide bonds. The number of H-pyrrole nitrogens is 1. The molecule has 0 aliphatic carbocycles. The Labute approximate surface area is 177 Å². The lowest BCUT2D eigenvalue weighted by molar-refractivity contribution is 0.102. The minimum atomic E-state index is -0.298. The Hall–Kier alpha value is -3.96. The molecule has 2 aromatic carbocycles. The number of benzene rings is 2. The van der Waals surface area contributed by atoms with E-state index < -0.39 is 0 Å². The van der Waals surface area contributed by atoms with E-state index in [-0.39, 0.29) is 17.4 Å². The van der Waals surface area contributed by atoms with E-state index in [1.54, 1.807) is 40.9 Å². The van der Waals surface area contributed by atoms with Crippen molar-refractivity contribution in [2.24, 2.45) is 0 Å². The highest BCUT2D eigenvalue weighted by molar-refractivity contribution is 6.11. The summed E-state index contributed by atoms with van der Waals surface area (Å²) in [5, 5.41) is 20.6. The molecule has 0 atom stereocenters. The second-order valence-corrected chi connectivity index (χ2v) is 7.69. The van der Waals surface area contributed by atoms with Gasteiger partial charge in [0.15, 0.2) is 0 Å². The molecule has 4 aromatic rings. The van der Waals surface area contributed by atoms with E-state index in [1.165, 1.54) is 0 Å². The number of rotatable bonds is 3. The van der Waals surface area contributed by atoms with E-state index in [0.717, 1.165) is 31.6 Å². The number of anilines is 1. The molecule has 0 unspecified atom stereocenters. The fourth-order valence-corrected chi connectivity index (χ4v) is 4.19. The molecule has 1 fully saturated rings. The monoisotopic (exact) mass is 412 g/mol. The number of nitrogens with one attached hydrogen (secondary N) is 3. The first-order valence-corrected chi connectivity index (χ1v) is 10.2. The molecule has 1 aliphatic heterocycles. The summed E-state index contributed by atoms with van der Waals surface area (Å²) in [5.74, 6) is -0.0507. The predicted octanol–water partition coefficient (Wildman–Crippen LogP) is 2.77. The van der Waals surface area contributed by atoms with Crippen LogP contribution in [0.25, 0.3) is 16.6 Å². The maximum absolute atomic E-state index is 12.8. The summed E-state index contributed by atoms with van der Waals surface area (Å²) in [5.41, 5.74) is 3.47. The second-order valence-electron chi connectivity index (χ2n) is 7.69.